The Hall–Kier alpha value is -2.20. The number of nitrogens with zero attached hydrogens (tertiary/aromatic N) is 2. The number of ether oxygens (including phenoxy) is 1. The van der Waals surface area contributed by atoms with Crippen LogP contribution in [0.3, 0.4) is 0 Å². The van der Waals surface area contributed by atoms with Gasteiger partial charge in [0.15, 0.2) is 19.9 Å². The number of nitro benzene ring substituents is 1. The lowest BCUT2D eigenvalue weighted by atomic mass is 10.1. The van der Waals surface area contributed by atoms with Gasteiger partial charge in [0.05, 0.1) is 24.1 Å². The van der Waals surface area contributed by atoms with Gasteiger partial charge in [-0.25, -0.2) is 9.18 Å². The zero-order valence-electron chi connectivity index (χ0n) is 17.4. The third-order valence-electron chi connectivity index (χ3n) is 4.85. The molecule has 0 spiro atoms. The first-order valence-electron chi connectivity index (χ1n) is 8.87. The molecule has 1 rings (SSSR count). The summed E-state index contributed by atoms with van der Waals surface area (Å²) in [6.07, 6.45) is -1.77. The van der Waals surface area contributed by atoms with Gasteiger partial charge < -0.3 is 19.2 Å². The Labute approximate surface area is 165 Å². The van der Waals surface area contributed by atoms with Crippen molar-refractivity contribution in [3.8, 4) is 5.75 Å². The van der Waals surface area contributed by atoms with Crippen LogP contribution in [0.25, 0.3) is 0 Å². The molecule has 0 aliphatic carbocycles. The summed E-state index contributed by atoms with van der Waals surface area (Å²) in [7, 11) is -0.741. The van der Waals surface area contributed by atoms with Crippen molar-refractivity contribution in [2.45, 2.75) is 58.5 Å². The fraction of sp³-hybridized carbons (Fsp3) is 0.611. The number of carbonyl (C=O) groups is 1. The maximum absolute atomic E-state index is 14.5. The van der Waals surface area contributed by atoms with E-state index in [2.05, 4.69) is 33.9 Å². The van der Waals surface area contributed by atoms with Gasteiger partial charge in [0, 0.05) is 18.7 Å². The summed E-state index contributed by atoms with van der Waals surface area (Å²) in [5, 5.41) is 20.1. The van der Waals surface area contributed by atoms with Gasteiger partial charge in [0.25, 0.3) is 5.69 Å². The van der Waals surface area contributed by atoms with Gasteiger partial charge in [-0.15, -0.1) is 0 Å². The van der Waals surface area contributed by atoms with Crippen molar-refractivity contribution >= 4 is 20.1 Å². The Morgan fingerprint density at radius 1 is 1.39 bits per heavy atom. The zero-order chi connectivity index (χ0) is 21.9. The van der Waals surface area contributed by atoms with E-state index in [1.165, 1.54) is 7.05 Å². The maximum Gasteiger partial charge on any atom is 0.407 e. The van der Waals surface area contributed by atoms with E-state index in [-0.39, 0.29) is 29.5 Å². The summed E-state index contributed by atoms with van der Waals surface area (Å²) in [4.78, 5) is 22.3. The smallest absolute Gasteiger partial charge is 0.407 e. The van der Waals surface area contributed by atoms with Crippen LogP contribution in [0.4, 0.5) is 14.9 Å². The Morgan fingerprint density at radius 3 is 2.43 bits per heavy atom. The molecule has 1 aromatic rings. The quantitative estimate of drug-likeness (QED) is 0.376. The van der Waals surface area contributed by atoms with Gasteiger partial charge >= 0.3 is 6.09 Å². The Bertz CT molecular complexity index is 736. The van der Waals surface area contributed by atoms with E-state index in [1.807, 2.05) is 0 Å². The largest absolute Gasteiger partial charge is 0.485 e. The summed E-state index contributed by atoms with van der Waals surface area (Å²) >= 11 is 0. The molecule has 0 aliphatic rings. The highest BCUT2D eigenvalue weighted by Crippen LogP contribution is 2.37. The molecule has 1 unspecified atom stereocenters. The summed E-state index contributed by atoms with van der Waals surface area (Å²) < 4.78 is 26.3. The van der Waals surface area contributed by atoms with Crippen molar-refractivity contribution in [2.24, 2.45) is 0 Å². The lowest BCUT2D eigenvalue weighted by molar-refractivity contribution is -0.385. The van der Waals surface area contributed by atoms with Crippen LogP contribution in [-0.4, -0.2) is 49.1 Å². The Kier molecular flexibility index (Phi) is 7.55. The molecule has 0 bridgehead atoms. The first-order chi connectivity index (χ1) is 12.7. The highest BCUT2D eigenvalue weighted by atomic mass is 28.4. The summed E-state index contributed by atoms with van der Waals surface area (Å²) in [6, 6.07) is 1.89. The van der Waals surface area contributed by atoms with Crippen LogP contribution in [0.15, 0.2) is 12.1 Å². The Morgan fingerprint density at radius 2 is 1.96 bits per heavy atom. The topological polar surface area (TPSA) is 102 Å². The molecule has 10 heteroatoms. The lowest BCUT2D eigenvalue weighted by Crippen LogP contribution is -2.43. The minimum atomic E-state index is -2.03. The van der Waals surface area contributed by atoms with Crippen LogP contribution in [0.1, 0.15) is 33.3 Å². The van der Waals surface area contributed by atoms with Gasteiger partial charge in [-0.3, -0.25) is 10.1 Å². The molecule has 0 radical (unpaired) electrons. The number of carboxylic acid groups (broad SMARTS) is 1. The van der Waals surface area contributed by atoms with Crippen LogP contribution in [0.5, 0.6) is 5.75 Å². The van der Waals surface area contributed by atoms with Crippen molar-refractivity contribution in [2.75, 3.05) is 13.7 Å². The molecule has 0 fully saturated rings. The number of hydrogen-bond acceptors (Lipinski definition) is 5. The van der Waals surface area contributed by atoms with Crippen molar-refractivity contribution in [1.82, 2.24) is 4.90 Å². The highest BCUT2D eigenvalue weighted by Gasteiger charge is 2.37. The molecule has 8 nitrogen and oxygen atoms in total. The molecular weight excluding hydrogens is 387 g/mol. The first kappa shape index (κ1) is 23.8. The number of rotatable bonds is 8. The van der Waals surface area contributed by atoms with Crippen LogP contribution < -0.4 is 4.74 Å². The Balaban J connectivity index is 3.08. The standard InChI is InChI=1S/C18H29FN2O6Si/c1-12(11-26-28(6,7)18(2,3)4)27-16-13(10-20(5)17(22)23)8-14(21(24)25)9-15(16)19/h8-9,12H,10-11H2,1-7H3,(H,22,23). The number of benzene rings is 1. The summed E-state index contributed by atoms with van der Waals surface area (Å²) in [5.41, 5.74) is -0.389. The molecule has 0 heterocycles. The van der Waals surface area contributed by atoms with E-state index in [1.54, 1.807) is 6.92 Å². The number of non-ortho nitro benzene ring substituents is 1. The number of hydrogen-bond donors (Lipinski definition) is 1. The van der Waals surface area contributed by atoms with Crippen LogP contribution >= 0.6 is 0 Å². The van der Waals surface area contributed by atoms with Gasteiger partial charge in [0.2, 0.25) is 0 Å². The van der Waals surface area contributed by atoms with Crippen molar-refractivity contribution in [3.63, 3.8) is 0 Å². The first-order valence-corrected chi connectivity index (χ1v) is 11.8. The summed E-state index contributed by atoms with van der Waals surface area (Å²) in [5.74, 6) is -1.12. The third-order valence-corrected chi connectivity index (χ3v) is 9.36. The van der Waals surface area contributed by atoms with E-state index >= 15 is 0 Å². The second kappa shape index (κ2) is 8.87. The summed E-state index contributed by atoms with van der Waals surface area (Å²) in [6.45, 7) is 12.1. The van der Waals surface area contributed by atoms with Crippen LogP contribution in [-0.2, 0) is 11.0 Å². The van der Waals surface area contributed by atoms with E-state index < -0.39 is 36.9 Å². The van der Waals surface area contributed by atoms with Crippen molar-refractivity contribution in [1.29, 1.82) is 0 Å². The molecule has 1 N–H and O–H groups in total. The highest BCUT2D eigenvalue weighted by molar-refractivity contribution is 6.74. The fourth-order valence-corrected chi connectivity index (χ4v) is 3.17. The molecule has 28 heavy (non-hydrogen) atoms. The predicted octanol–water partition coefficient (Wildman–Crippen LogP) is 4.63. The molecule has 0 aliphatic heterocycles. The van der Waals surface area contributed by atoms with Gasteiger partial charge in [-0.2, -0.15) is 0 Å². The van der Waals surface area contributed by atoms with Crippen molar-refractivity contribution < 1.29 is 28.4 Å². The fourth-order valence-electron chi connectivity index (χ4n) is 2.09. The SMILES string of the molecule is CC(CO[Si](C)(C)C(C)(C)C)Oc1c(F)cc([N+](=O)[O-])cc1CN(C)C(=O)O. The molecule has 1 atom stereocenters. The van der Waals surface area contributed by atoms with Gasteiger partial charge in [-0.05, 0) is 25.1 Å². The molecule has 0 saturated carbocycles. The third kappa shape index (κ3) is 6.16. The molecule has 0 aromatic heterocycles. The molecule has 0 saturated heterocycles. The number of halogens is 1. The molecular formula is C18H29FN2O6Si. The zero-order valence-corrected chi connectivity index (χ0v) is 18.4. The van der Waals surface area contributed by atoms with Gasteiger partial charge in [0.1, 0.15) is 6.10 Å². The average Bonchev–Trinajstić information content (AvgIpc) is 2.54. The van der Waals surface area contributed by atoms with Gasteiger partial charge in [-0.1, -0.05) is 20.8 Å². The van der Waals surface area contributed by atoms with E-state index in [4.69, 9.17) is 14.3 Å². The number of amides is 1. The van der Waals surface area contributed by atoms with Crippen LogP contribution in [0, 0.1) is 15.9 Å². The molecule has 1 aromatic carbocycles. The minimum Gasteiger partial charge on any atom is -0.485 e. The normalized spacial score (nSPS) is 13.1. The minimum absolute atomic E-state index is 0.000683. The molecule has 158 valence electrons. The average molecular weight is 417 g/mol. The van der Waals surface area contributed by atoms with E-state index in [9.17, 15) is 19.3 Å². The van der Waals surface area contributed by atoms with Crippen molar-refractivity contribution in [3.05, 3.63) is 33.6 Å². The predicted molar refractivity (Wildman–Crippen MR) is 106 cm³/mol. The maximum atomic E-state index is 14.5. The van der Waals surface area contributed by atoms with Crippen LogP contribution in [0.2, 0.25) is 18.1 Å². The lowest BCUT2D eigenvalue weighted by Gasteiger charge is -2.37. The monoisotopic (exact) mass is 416 g/mol. The van der Waals surface area contributed by atoms with E-state index in [0.717, 1.165) is 17.0 Å². The molecule has 1 amide bonds. The van der Waals surface area contributed by atoms with E-state index in [0.29, 0.717) is 0 Å². The second-order valence-corrected chi connectivity index (χ2v) is 13.1. The number of nitro groups is 1. The second-order valence-electron chi connectivity index (χ2n) is 8.31.